The van der Waals surface area contributed by atoms with Gasteiger partial charge in [-0.15, -0.1) is 0 Å². The van der Waals surface area contributed by atoms with Crippen molar-refractivity contribution in [3.05, 3.63) is 60.2 Å². The molecule has 1 atom stereocenters. The average molecular weight is 294 g/mol. The molecule has 0 fully saturated rings. The lowest BCUT2D eigenvalue weighted by Gasteiger charge is -2.31. The van der Waals surface area contributed by atoms with Gasteiger partial charge in [-0.2, -0.15) is 0 Å². The monoisotopic (exact) mass is 294 g/mol. The molecule has 0 saturated heterocycles. The smallest absolute Gasteiger partial charge is 0.00717 e. The van der Waals surface area contributed by atoms with Gasteiger partial charge in [0.15, 0.2) is 0 Å². The highest BCUT2D eigenvalue weighted by Gasteiger charge is 2.26. The van der Waals surface area contributed by atoms with Crippen LogP contribution < -0.4 is 0 Å². The minimum atomic E-state index is 0.265. The Kier molecular flexibility index (Phi) is 5.83. The van der Waals surface area contributed by atoms with Gasteiger partial charge in [0, 0.05) is 0 Å². The maximum Gasteiger partial charge on any atom is -0.00717 e. The summed E-state index contributed by atoms with van der Waals surface area (Å²) in [6, 6.07) is 19.8. The maximum atomic E-state index is 2.44. The fourth-order valence-corrected chi connectivity index (χ4v) is 3.28. The highest BCUT2D eigenvalue weighted by Crippen LogP contribution is 2.39. The number of benzene rings is 2. The summed E-state index contributed by atoms with van der Waals surface area (Å²) < 4.78 is 0. The predicted molar refractivity (Wildman–Crippen MR) is 98.2 cm³/mol. The molecule has 0 N–H and O–H groups in total. The topological polar surface area (TPSA) is 0 Å². The summed E-state index contributed by atoms with van der Waals surface area (Å²) >= 11 is 0. The molecule has 0 aliphatic rings. The number of hydrogen-bond donors (Lipinski definition) is 0. The third-order valence-electron chi connectivity index (χ3n) is 4.95. The van der Waals surface area contributed by atoms with Crippen LogP contribution in [0.4, 0.5) is 0 Å². The van der Waals surface area contributed by atoms with E-state index in [1.807, 2.05) is 0 Å². The van der Waals surface area contributed by atoms with Crippen molar-refractivity contribution >= 4 is 0 Å². The molecule has 2 aromatic rings. The van der Waals surface area contributed by atoms with Gasteiger partial charge in [0.25, 0.3) is 0 Å². The summed E-state index contributed by atoms with van der Waals surface area (Å²) in [6.45, 7) is 9.41. The fourth-order valence-electron chi connectivity index (χ4n) is 3.28. The molecular formula is C22H30. The Morgan fingerprint density at radius 2 is 1.55 bits per heavy atom. The van der Waals surface area contributed by atoms with E-state index in [4.69, 9.17) is 0 Å². The Morgan fingerprint density at radius 1 is 0.909 bits per heavy atom. The van der Waals surface area contributed by atoms with Crippen LogP contribution in [0.3, 0.4) is 0 Å². The molecule has 0 nitrogen and oxygen atoms in total. The SMILES string of the molecule is CCC(C)(CCCC(C)C)c1ccccc1-c1ccccc1. The minimum Gasteiger partial charge on any atom is -0.0645 e. The molecule has 1 unspecified atom stereocenters. The number of hydrogen-bond acceptors (Lipinski definition) is 0. The average Bonchev–Trinajstić information content (AvgIpc) is 2.55. The standard InChI is InChI=1S/C22H30/c1-5-22(4,17-11-12-18(2)3)21-16-10-9-15-20(21)19-13-7-6-8-14-19/h6-10,13-16,18H,5,11-12,17H2,1-4H3. The molecule has 22 heavy (non-hydrogen) atoms. The Labute approximate surface area is 136 Å². The maximum absolute atomic E-state index is 2.44. The minimum absolute atomic E-state index is 0.265. The van der Waals surface area contributed by atoms with Gasteiger partial charge in [-0.05, 0) is 40.9 Å². The number of rotatable bonds is 7. The summed E-state index contributed by atoms with van der Waals surface area (Å²) in [5.41, 5.74) is 4.51. The van der Waals surface area contributed by atoms with Crippen LogP contribution >= 0.6 is 0 Å². The summed E-state index contributed by atoms with van der Waals surface area (Å²) in [6.07, 6.45) is 5.09. The zero-order chi connectivity index (χ0) is 16.0. The van der Waals surface area contributed by atoms with Gasteiger partial charge < -0.3 is 0 Å². The molecule has 0 aromatic heterocycles. The quantitative estimate of drug-likeness (QED) is 0.524. The molecule has 0 aliphatic carbocycles. The van der Waals surface area contributed by atoms with E-state index in [1.165, 1.54) is 42.4 Å². The van der Waals surface area contributed by atoms with E-state index in [2.05, 4.69) is 82.3 Å². The van der Waals surface area contributed by atoms with Gasteiger partial charge in [-0.25, -0.2) is 0 Å². The summed E-state index contributed by atoms with van der Waals surface area (Å²) in [4.78, 5) is 0. The highest BCUT2D eigenvalue weighted by molar-refractivity contribution is 5.68. The van der Waals surface area contributed by atoms with Gasteiger partial charge in [-0.1, -0.05) is 95.1 Å². The van der Waals surface area contributed by atoms with Crippen LogP contribution in [0, 0.1) is 5.92 Å². The molecule has 0 heterocycles. The van der Waals surface area contributed by atoms with Crippen LogP contribution in [-0.2, 0) is 5.41 Å². The van der Waals surface area contributed by atoms with Crippen molar-refractivity contribution in [2.75, 3.05) is 0 Å². The van der Waals surface area contributed by atoms with Gasteiger partial charge >= 0.3 is 0 Å². The zero-order valence-corrected chi connectivity index (χ0v) is 14.6. The fraction of sp³-hybridized carbons (Fsp3) is 0.455. The Hall–Kier alpha value is -1.56. The lowest BCUT2D eigenvalue weighted by atomic mass is 9.73. The van der Waals surface area contributed by atoms with Crippen molar-refractivity contribution in [3.8, 4) is 11.1 Å². The molecular weight excluding hydrogens is 264 g/mol. The van der Waals surface area contributed by atoms with Crippen LogP contribution in [-0.4, -0.2) is 0 Å². The van der Waals surface area contributed by atoms with Crippen LogP contribution in [0.5, 0.6) is 0 Å². The predicted octanol–water partition coefficient (Wildman–Crippen LogP) is 6.85. The Bertz CT molecular complexity index is 568. The van der Waals surface area contributed by atoms with Gasteiger partial charge in [0.2, 0.25) is 0 Å². The van der Waals surface area contributed by atoms with Crippen molar-refractivity contribution in [3.63, 3.8) is 0 Å². The van der Waals surface area contributed by atoms with Crippen molar-refractivity contribution in [2.45, 2.75) is 58.8 Å². The largest absolute Gasteiger partial charge is 0.0645 e. The summed E-state index contributed by atoms with van der Waals surface area (Å²) in [5.74, 6) is 0.797. The van der Waals surface area contributed by atoms with E-state index in [1.54, 1.807) is 0 Å². The summed E-state index contributed by atoms with van der Waals surface area (Å²) in [7, 11) is 0. The first-order valence-corrected chi connectivity index (χ1v) is 8.72. The lowest BCUT2D eigenvalue weighted by Crippen LogP contribution is -2.22. The van der Waals surface area contributed by atoms with Crippen molar-refractivity contribution in [1.29, 1.82) is 0 Å². The molecule has 0 radical (unpaired) electrons. The second-order valence-electron chi connectivity index (χ2n) is 7.11. The van der Waals surface area contributed by atoms with Gasteiger partial charge in [-0.3, -0.25) is 0 Å². The van der Waals surface area contributed by atoms with E-state index < -0.39 is 0 Å². The molecule has 118 valence electrons. The van der Waals surface area contributed by atoms with E-state index >= 15 is 0 Å². The molecule has 0 bridgehead atoms. The molecule has 2 aromatic carbocycles. The van der Waals surface area contributed by atoms with Crippen LogP contribution in [0.25, 0.3) is 11.1 Å². The Morgan fingerprint density at radius 3 is 2.18 bits per heavy atom. The molecule has 0 amide bonds. The third kappa shape index (κ3) is 4.00. The molecule has 0 aliphatic heterocycles. The Balaban J connectivity index is 2.33. The molecule has 2 rings (SSSR count). The van der Waals surface area contributed by atoms with E-state index in [9.17, 15) is 0 Å². The van der Waals surface area contributed by atoms with E-state index in [0.717, 1.165) is 5.92 Å². The molecule has 0 saturated carbocycles. The van der Waals surface area contributed by atoms with E-state index in [-0.39, 0.29) is 5.41 Å². The first kappa shape index (κ1) is 16.8. The third-order valence-corrected chi connectivity index (χ3v) is 4.95. The van der Waals surface area contributed by atoms with Crippen LogP contribution in [0.15, 0.2) is 54.6 Å². The van der Waals surface area contributed by atoms with Gasteiger partial charge in [0.1, 0.15) is 0 Å². The second kappa shape index (κ2) is 7.63. The van der Waals surface area contributed by atoms with Gasteiger partial charge in [0.05, 0.1) is 0 Å². The first-order valence-electron chi connectivity index (χ1n) is 8.72. The molecule has 0 heteroatoms. The van der Waals surface area contributed by atoms with Crippen molar-refractivity contribution < 1.29 is 0 Å². The van der Waals surface area contributed by atoms with Crippen LogP contribution in [0.2, 0.25) is 0 Å². The molecule has 0 spiro atoms. The zero-order valence-electron chi connectivity index (χ0n) is 14.6. The van der Waals surface area contributed by atoms with Crippen molar-refractivity contribution in [1.82, 2.24) is 0 Å². The van der Waals surface area contributed by atoms with Crippen molar-refractivity contribution in [2.24, 2.45) is 5.92 Å². The van der Waals surface area contributed by atoms with E-state index in [0.29, 0.717) is 0 Å². The first-order chi connectivity index (χ1) is 10.6. The lowest BCUT2D eigenvalue weighted by molar-refractivity contribution is 0.383. The normalized spacial score (nSPS) is 14.0. The second-order valence-corrected chi connectivity index (χ2v) is 7.11. The van der Waals surface area contributed by atoms with Crippen LogP contribution in [0.1, 0.15) is 58.9 Å². The highest BCUT2D eigenvalue weighted by atomic mass is 14.3. The summed E-state index contributed by atoms with van der Waals surface area (Å²) in [5, 5.41) is 0.